The van der Waals surface area contributed by atoms with Gasteiger partial charge in [0.15, 0.2) is 5.75 Å². The number of benzene rings is 2. The number of ether oxygens (including phenoxy) is 1. The van der Waals surface area contributed by atoms with E-state index in [-0.39, 0.29) is 66.0 Å². The third-order valence-electron chi connectivity index (χ3n) is 9.03. The van der Waals surface area contributed by atoms with Crippen LogP contribution in [0.4, 0.5) is 14.5 Å². The number of carbonyl (C=O) groups excluding carboxylic acids is 1. The van der Waals surface area contributed by atoms with Gasteiger partial charge in [-0.15, -0.1) is 0 Å². The van der Waals surface area contributed by atoms with Gasteiger partial charge in [-0.3, -0.25) is 14.2 Å². The number of amides is 1. The number of carbonyl (C=O) groups is 1. The molecule has 47 heavy (non-hydrogen) atoms. The molecule has 2 aromatic carbocycles. The van der Waals surface area contributed by atoms with Gasteiger partial charge >= 0.3 is 0 Å². The Hall–Kier alpha value is -4.49. The van der Waals surface area contributed by atoms with Crippen LogP contribution in [-0.2, 0) is 4.79 Å². The second-order valence-electron chi connectivity index (χ2n) is 12.4. The summed E-state index contributed by atoms with van der Waals surface area (Å²) >= 11 is 6.88. The SMILES string of the molecule is CN(C)C/C=C/C(=O)N1CCN(c2c(C#N)c(=O)n3c4c(c(-c5ccc(F)cc5F)c(Cl)cc24)OCC3CN2CCC2)C[C@@H]1CC#N. The van der Waals surface area contributed by atoms with Gasteiger partial charge in [0.1, 0.15) is 29.9 Å². The van der Waals surface area contributed by atoms with Gasteiger partial charge in [-0.25, -0.2) is 8.78 Å². The molecule has 3 aliphatic heterocycles. The summed E-state index contributed by atoms with van der Waals surface area (Å²) in [4.78, 5) is 35.1. The van der Waals surface area contributed by atoms with Gasteiger partial charge < -0.3 is 24.3 Å². The van der Waals surface area contributed by atoms with Gasteiger partial charge in [-0.2, -0.15) is 10.5 Å². The van der Waals surface area contributed by atoms with Crippen LogP contribution < -0.4 is 15.2 Å². The number of likely N-dealkylation sites (N-methyl/N-ethyl adjacent to an activating group) is 1. The molecule has 0 spiro atoms. The van der Waals surface area contributed by atoms with Crippen LogP contribution in [0.3, 0.4) is 0 Å². The van der Waals surface area contributed by atoms with Gasteiger partial charge in [0.05, 0.1) is 40.8 Å². The van der Waals surface area contributed by atoms with Crippen molar-refractivity contribution in [2.24, 2.45) is 0 Å². The molecule has 1 amide bonds. The number of piperazine rings is 1. The minimum Gasteiger partial charge on any atom is -0.488 e. The summed E-state index contributed by atoms with van der Waals surface area (Å²) in [5, 5.41) is 20.7. The van der Waals surface area contributed by atoms with Crippen molar-refractivity contribution in [1.82, 2.24) is 19.3 Å². The van der Waals surface area contributed by atoms with E-state index >= 15 is 4.39 Å². The lowest BCUT2D eigenvalue weighted by Crippen LogP contribution is -2.55. The normalized spacial score (nSPS) is 19.5. The molecular weight excluding hydrogens is 628 g/mol. The molecule has 6 rings (SSSR count). The molecular formula is C34H34ClF2N7O3. The van der Waals surface area contributed by atoms with Crippen molar-refractivity contribution in [2.45, 2.75) is 24.9 Å². The van der Waals surface area contributed by atoms with E-state index in [1.165, 1.54) is 12.1 Å². The van der Waals surface area contributed by atoms with E-state index in [2.05, 4.69) is 17.0 Å². The Morgan fingerprint density at radius 3 is 2.60 bits per heavy atom. The van der Waals surface area contributed by atoms with Crippen molar-refractivity contribution in [3.63, 3.8) is 0 Å². The van der Waals surface area contributed by atoms with Crippen molar-refractivity contribution >= 4 is 34.1 Å². The van der Waals surface area contributed by atoms with E-state index in [1.807, 2.05) is 23.9 Å². The Labute approximate surface area is 276 Å². The van der Waals surface area contributed by atoms with Crippen LogP contribution in [0.2, 0.25) is 5.02 Å². The fourth-order valence-electron chi connectivity index (χ4n) is 6.69. The maximum atomic E-state index is 15.2. The Morgan fingerprint density at radius 1 is 1.15 bits per heavy atom. The van der Waals surface area contributed by atoms with E-state index in [4.69, 9.17) is 16.3 Å². The van der Waals surface area contributed by atoms with Crippen molar-refractivity contribution in [2.75, 3.05) is 71.4 Å². The van der Waals surface area contributed by atoms with E-state index in [0.717, 1.165) is 31.6 Å². The Morgan fingerprint density at radius 2 is 1.94 bits per heavy atom. The molecule has 0 bridgehead atoms. The number of hydrogen-bond donors (Lipinski definition) is 0. The number of hydrogen-bond acceptors (Lipinski definition) is 8. The predicted octanol–water partition coefficient (Wildman–Crippen LogP) is 4.16. The average molecular weight is 662 g/mol. The van der Waals surface area contributed by atoms with Crippen molar-refractivity contribution < 1.29 is 18.3 Å². The number of pyridine rings is 1. The molecule has 10 nitrogen and oxygen atoms in total. The molecule has 3 aliphatic rings. The van der Waals surface area contributed by atoms with Gasteiger partial charge in [-0.1, -0.05) is 17.7 Å². The largest absolute Gasteiger partial charge is 0.488 e. The third-order valence-corrected chi connectivity index (χ3v) is 9.33. The molecule has 0 aliphatic carbocycles. The molecule has 0 radical (unpaired) electrons. The molecule has 13 heteroatoms. The van der Waals surface area contributed by atoms with E-state index in [9.17, 15) is 24.5 Å². The fraction of sp³-hybridized carbons (Fsp3) is 0.412. The van der Waals surface area contributed by atoms with Crippen LogP contribution in [-0.4, -0.2) is 97.7 Å². The van der Waals surface area contributed by atoms with Crippen LogP contribution in [0.1, 0.15) is 24.4 Å². The molecule has 2 saturated heterocycles. The molecule has 0 N–H and O–H groups in total. The van der Waals surface area contributed by atoms with Crippen molar-refractivity contribution in [3.8, 4) is 29.0 Å². The summed E-state index contributed by atoms with van der Waals surface area (Å²) in [5.41, 5.74) is 0.292. The molecule has 0 saturated carbocycles. The van der Waals surface area contributed by atoms with Gasteiger partial charge in [0.25, 0.3) is 5.56 Å². The summed E-state index contributed by atoms with van der Waals surface area (Å²) < 4.78 is 37.0. The van der Waals surface area contributed by atoms with Crippen LogP contribution in [0, 0.1) is 34.3 Å². The van der Waals surface area contributed by atoms with E-state index < -0.39 is 29.3 Å². The summed E-state index contributed by atoms with van der Waals surface area (Å²) in [6.07, 6.45) is 4.35. The van der Waals surface area contributed by atoms with Gasteiger partial charge in [0, 0.05) is 61.4 Å². The number of anilines is 1. The van der Waals surface area contributed by atoms with E-state index in [0.29, 0.717) is 29.7 Å². The maximum absolute atomic E-state index is 15.2. The highest BCUT2D eigenvalue weighted by atomic mass is 35.5. The molecule has 4 heterocycles. The summed E-state index contributed by atoms with van der Waals surface area (Å²) in [7, 11) is 3.79. The molecule has 2 fully saturated rings. The molecule has 2 atom stereocenters. The quantitative estimate of drug-likeness (QED) is 0.331. The molecule has 1 unspecified atom stereocenters. The standard InChI is InChI=1S/C34H34ClF2N7O3/c1-40(2)10-3-5-29(45)43-14-13-42(19-22(43)8-9-38)31-25-16-27(35)30(24-7-6-21(36)15-28(24)37)33-32(25)44(34(46)26(31)17-39)23(20-47-33)18-41-11-4-12-41/h3,5-7,15-16,22-23H,4,8,10-14,18-20H2,1-2H3/b5-3+/t22-,23?/m0/s1. The summed E-state index contributed by atoms with van der Waals surface area (Å²) in [6, 6.07) is 8.14. The molecule has 244 valence electrons. The first-order chi connectivity index (χ1) is 22.6. The zero-order valence-electron chi connectivity index (χ0n) is 26.2. The minimum absolute atomic E-state index is 0.0166. The van der Waals surface area contributed by atoms with Crippen molar-refractivity contribution in [3.05, 3.63) is 69.0 Å². The highest BCUT2D eigenvalue weighted by Gasteiger charge is 2.37. The second kappa shape index (κ2) is 13.3. The first kappa shape index (κ1) is 32.5. The lowest BCUT2D eigenvalue weighted by molar-refractivity contribution is -0.128. The Balaban J connectivity index is 1.52. The molecule has 1 aromatic heterocycles. The lowest BCUT2D eigenvalue weighted by Gasteiger charge is -2.42. The number of nitrogens with zero attached hydrogens (tertiary/aromatic N) is 7. The van der Waals surface area contributed by atoms with E-state index in [1.54, 1.807) is 21.6 Å². The number of nitriles is 2. The third kappa shape index (κ3) is 6.05. The van der Waals surface area contributed by atoms with Crippen molar-refractivity contribution in [1.29, 1.82) is 10.5 Å². The molecule has 3 aromatic rings. The van der Waals surface area contributed by atoms with Gasteiger partial charge in [-0.05, 0) is 51.8 Å². The van der Waals surface area contributed by atoms with Crippen LogP contribution in [0.15, 0.2) is 41.2 Å². The fourth-order valence-corrected chi connectivity index (χ4v) is 6.99. The lowest BCUT2D eigenvalue weighted by atomic mass is 9.96. The zero-order chi connectivity index (χ0) is 33.4. The number of rotatable bonds is 8. The average Bonchev–Trinajstić information content (AvgIpc) is 3.01. The Bertz CT molecular complexity index is 1910. The highest BCUT2D eigenvalue weighted by molar-refractivity contribution is 6.35. The number of likely N-dealkylation sites (tertiary alicyclic amines) is 1. The first-order valence-corrected chi connectivity index (χ1v) is 15.9. The first-order valence-electron chi connectivity index (χ1n) is 15.5. The minimum atomic E-state index is -0.837. The predicted molar refractivity (Wildman–Crippen MR) is 175 cm³/mol. The monoisotopic (exact) mass is 661 g/mol. The second-order valence-corrected chi connectivity index (χ2v) is 12.8. The maximum Gasteiger partial charge on any atom is 0.271 e. The zero-order valence-corrected chi connectivity index (χ0v) is 26.9. The van der Waals surface area contributed by atoms with Crippen LogP contribution >= 0.6 is 11.6 Å². The summed E-state index contributed by atoms with van der Waals surface area (Å²) in [5.74, 6) is -1.63. The smallest absolute Gasteiger partial charge is 0.271 e. The van der Waals surface area contributed by atoms with Crippen LogP contribution in [0.5, 0.6) is 5.75 Å². The Kier molecular flexibility index (Phi) is 9.20. The highest BCUT2D eigenvalue weighted by Crippen LogP contribution is 2.48. The van der Waals surface area contributed by atoms with Crippen LogP contribution in [0.25, 0.3) is 22.0 Å². The summed E-state index contributed by atoms with van der Waals surface area (Å²) in [6.45, 7) is 3.67. The topological polar surface area (TPSA) is 109 Å². The number of aromatic nitrogens is 1. The van der Waals surface area contributed by atoms with Gasteiger partial charge in [0.2, 0.25) is 5.91 Å². The number of halogens is 3.